The second-order valence-corrected chi connectivity index (χ2v) is 3.68. The first-order chi connectivity index (χ1) is 7.71. The molecule has 3 nitrogen and oxygen atoms in total. The van der Waals surface area contributed by atoms with Crippen LogP contribution in [0.25, 0.3) is 0 Å². The third-order valence-electron chi connectivity index (χ3n) is 1.94. The van der Waals surface area contributed by atoms with Crippen molar-refractivity contribution in [1.82, 2.24) is 0 Å². The number of methoxy groups -OCH3 is 1. The van der Waals surface area contributed by atoms with Gasteiger partial charge in [-0.25, -0.2) is 4.79 Å². The largest absolute Gasteiger partial charge is 0.497 e. The van der Waals surface area contributed by atoms with Crippen LogP contribution in [0.1, 0.15) is 10.4 Å². The van der Waals surface area contributed by atoms with Gasteiger partial charge in [0.1, 0.15) is 11.9 Å². The molecule has 0 fully saturated rings. The molecule has 1 rings (SSSR count). The van der Waals surface area contributed by atoms with Gasteiger partial charge in [0.2, 0.25) is 0 Å². The minimum absolute atomic E-state index is 0.186. The predicted molar refractivity (Wildman–Crippen MR) is 63.6 cm³/mol. The Hall–Kier alpha value is -0.930. The van der Waals surface area contributed by atoms with E-state index in [0.29, 0.717) is 11.3 Å². The Bertz CT molecular complexity index is 334. The van der Waals surface area contributed by atoms with Gasteiger partial charge < -0.3 is 9.47 Å². The van der Waals surface area contributed by atoms with E-state index >= 15 is 0 Å². The van der Waals surface area contributed by atoms with Crippen LogP contribution >= 0.6 is 23.2 Å². The van der Waals surface area contributed by atoms with Crippen molar-refractivity contribution in [1.29, 1.82) is 0 Å². The van der Waals surface area contributed by atoms with Gasteiger partial charge in [0, 0.05) is 0 Å². The Morgan fingerprint density at radius 2 is 1.81 bits per heavy atom. The van der Waals surface area contributed by atoms with E-state index in [4.69, 9.17) is 32.7 Å². The molecule has 0 aromatic heterocycles. The van der Waals surface area contributed by atoms with E-state index in [2.05, 4.69) is 0 Å². The topological polar surface area (TPSA) is 35.5 Å². The summed E-state index contributed by atoms with van der Waals surface area (Å²) in [4.78, 5) is 11.6. The van der Waals surface area contributed by atoms with Crippen molar-refractivity contribution in [2.24, 2.45) is 0 Å². The van der Waals surface area contributed by atoms with Crippen molar-refractivity contribution in [2.45, 2.75) is 6.10 Å². The number of carbonyl (C=O) groups excluding carboxylic acids is 1. The Kier molecular flexibility index (Phi) is 5.43. The van der Waals surface area contributed by atoms with Gasteiger partial charge >= 0.3 is 5.97 Å². The summed E-state index contributed by atoms with van der Waals surface area (Å²) in [7, 11) is 1.56. The van der Waals surface area contributed by atoms with Crippen molar-refractivity contribution < 1.29 is 14.3 Å². The Morgan fingerprint density at radius 3 is 2.25 bits per heavy atom. The van der Waals surface area contributed by atoms with E-state index in [1.165, 1.54) is 0 Å². The molecule has 0 aliphatic heterocycles. The second kappa shape index (κ2) is 6.61. The van der Waals surface area contributed by atoms with E-state index in [9.17, 15) is 4.79 Å². The van der Waals surface area contributed by atoms with E-state index in [0.717, 1.165) is 0 Å². The number of esters is 1. The molecule has 0 atom stereocenters. The van der Waals surface area contributed by atoms with Gasteiger partial charge in [-0.05, 0) is 24.3 Å². The first kappa shape index (κ1) is 13.1. The normalized spacial score (nSPS) is 10.2. The molecule has 0 radical (unpaired) electrons. The highest BCUT2D eigenvalue weighted by atomic mass is 35.5. The number of hydrogen-bond acceptors (Lipinski definition) is 3. The number of halogens is 2. The number of alkyl halides is 2. The zero-order valence-corrected chi connectivity index (χ0v) is 10.3. The fraction of sp³-hybridized carbons (Fsp3) is 0.364. The molecule has 0 heterocycles. The SMILES string of the molecule is COc1ccc(C(=O)OC(CCl)CCl)cc1. The summed E-state index contributed by atoms with van der Waals surface area (Å²) in [6, 6.07) is 6.63. The van der Waals surface area contributed by atoms with Gasteiger partial charge in [-0.1, -0.05) is 0 Å². The van der Waals surface area contributed by atoms with Crippen LogP contribution < -0.4 is 4.74 Å². The van der Waals surface area contributed by atoms with Crippen LogP contribution in [0.2, 0.25) is 0 Å². The summed E-state index contributed by atoms with van der Waals surface area (Å²) >= 11 is 11.1. The third-order valence-corrected chi connectivity index (χ3v) is 2.63. The van der Waals surface area contributed by atoms with Crippen LogP contribution in [-0.2, 0) is 4.74 Å². The van der Waals surface area contributed by atoms with Gasteiger partial charge in [-0.3, -0.25) is 0 Å². The number of hydrogen-bond donors (Lipinski definition) is 0. The highest BCUT2D eigenvalue weighted by Gasteiger charge is 2.14. The highest BCUT2D eigenvalue weighted by molar-refractivity contribution is 6.21. The Morgan fingerprint density at radius 1 is 1.25 bits per heavy atom. The van der Waals surface area contributed by atoms with Crippen LogP contribution in [-0.4, -0.2) is 30.9 Å². The fourth-order valence-corrected chi connectivity index (χ4v) is 1.51. The standard InChI is InChI=1S/C11H12Cl2O3/c1-15-9-4-2-8(3-5-9)11(14)16-10(6-12)7-13/h2-5,10H,6-7H2,1H3. The van der Waals surface area contributed by atoms with Crippen LogP contribution in [0.5, 0.6) is 5.75 Å². The molecule has 0 saturated heterocycles. The number of benzene rings is 1. The summed E-state index contributed by atoms with van der Waals surface area (Å²) in [6.45, 7) is 0. The number of carbonyl (C=O) groups is 1. The van der Waals surface area contributed by atoms with E-state index < -0.39 is 12.1 Å². The molecule has 0 saturated carbocycles. The minimum Gasteiger partial charge on any atom is -0.497 e. The first-order valence-corrected chi connectivity index (χ1v) is 5.75. The molecule has 88 valence electrons. The van der Waals surface area contributed by atoms with Gasteiger partial charge in [0.05, 0.1) is 24.4 Å². The zero-order valence-electron chi connectivity index (χ0n) is 8.78. The molecule has 1 aromatic carbocycles. The van der Waals surface area contributed by atoms with Crippen molar-refractivity contribution in [3.05, 3.63) is 29.8 Å². The van der Waals surface area contributed by atoms with Gasteiger partial charge in [0.15, 0.2) is 0 Å². The lowest BCUT2D eigenvalue weighted by atomic mass is 10.2. The average molecular weight is 263 g/mol. The molecule has 0 amide bonds. The maximum atomic E-state index is 11.6. The first-order valence-electron chi connectivity index (χ1n) is 4.68. The minimum atomic E-state index is -0.460. The number of rotatable bonds is 5. The quantitative estimate of drug-likeness (QED) is 0.605. The third kappa shape index (κ3) is 3.58. The van der Waals surface area contributed by atoms with Gasteiger partial charge in [-0.2, -0.15) is 0 Å². The van der Waals surface area contributed by atoms with E-state index in [-0.39, 0.29) is 11.8 Å². The lowest BCUT2D eigenvalue weighted by Gasteiger charge is -2.12. The van der Waals surface area contributed by atoms with Gasteiger partial charge in [0.25, 0.3) is 0 Å². The lowest BCUT2D eigenvalue weighted by molar-refractivity contribution is 0.0389. The van der Waals surface area contributed by atoms with Crippen molar-refractivity contribution in [2.75, 3.05) is 18.9 Å². The predicted octanol–water partition coefficient (Wildman–Crippen LogP) is 2.70. The van der Waals surface area contributed by atoms with Crippen LogP contribution in [0.3, 0.4) is 0 Å². The molecule has 0 N–H and O–H groups in total. The van der Waals surface area contributed by atoms with Crippen LogP contribution in [0.15, 0.2) is 24.3 Å². The lowest BCUT2D eigenvalue weighted by Crippen LogP contribution is -2.21. The van der Waals surface area contributed by atoms with Crippen molar-refractivity contribution >= 4 is 29.2 Å². The second-order valence-electron chi connectivity index (χ2n) is 3.06. The molecule has 0 aliphatic rings. The highest BCUT2D eigenvalue weighted by Crippen LogP contribution is 2.13. The number of ether oxygens (including phenoxy) is 2. The molecule has 1 aromatic rings. The molecule has 0 spiro atoms. The van der Waals surface area contributed by atoms with Crippen LogP contribution in [0, 0.1) is 0 Å². The summed E-state index contributed by atoms with van der Waals surface area (Å²) in [5.74, 6) is 0.619. The van der Waals surface area contributed by atoms with Crippen molar-refractivity contribution in [3.8, 4) is 5.75 Å². The van der Waals surface area contributed by atoms with Crippen LogP contribution in [0.4, 0.5) is 0 Å². The summed E-state index contributed by atoms with van der Waals surface area (Å²) < 4.78 is 10.0. The molecule has 5 heteroatoms. The molecule has 0 bridgehead atoms. The molecule has 16 heavy (non-hydrogen) atoms. The molecule has 0 unspecified atom stereocenters. The Balaban J connectivity index is 2.65. The molecular formula is C11H12Cl2O3. The Labute approximate surface area is 104 Å². The summed E-state index contributed by atoms with van der Waals surface area (Å²) in [6.07, 6.45) is -0.460. The maximum absolute atomic E-state index is 11.6. The van der Waals surface area contributed by atoms with E-state index in [1.54, 1.807) is 31.4 Å². The molecule has 0 aliphatic carbocycles. The van der Waals surface area contributed by atoms with Gasteiger partial charge in [-0.15, -0.1) is 23.2 Å². The van der Waals surface area contributed by atoms with E-state index in [1.807, 2.05) is 0 Å². The summed E-state index contributed by atoms with van der Waals surface area (Å²) in [5, 5.41) is 0. The summed E-state index contributed by atoms with van der Waals surface area (Å²) in [5.41, 5.74) is 0.445. The smallest absolute Gasteiger partial charge is 0.338 e. The average Bonchev–Trinajstić information content (AvgIpc) is 2.35. The zero-order chi connectivity index (χ0) is 12.0. The monoisotopic (exact) mass is 262 g/mol. The van der Waals surface area contributed by atoms with Crippen molar-refractivity contribution in [3.63, 3.8) is 0 Å². The molecular weight excluding hydrogens is 251 g/mol. The fourth-order valence-electron chi connectivity index (χ4n) is 1.05. The maximum Gasteiger partial charge on any atom is 0.338 e.